The number of alkyl halides is 1. The monoisotopic (exact) mass is 306 g/mol. The number of hydrogen-bond donors (Lipinski definition) is 1. The Morgan fingerprint density at radius 1 is 1.47 bits per heavy atom. The molecule has 0 aromatic heterocycles. The van der Waals surface area contributed by atoms with Gasteiger partial charge in [-0.25, -0.2) is 4.79 Å². The Bertz CT molecular complexity index is 350. The van der Waals surface area contributed by atoms with E-state index in [9.17, 15) is 9.90 Å². The molecule has 1 saturated heterocycles. The highest BCUT2D eigenvalue weighted by Crippen LogP contribution is 2.53. The average molecular weight is 307 g/mol. The highest BCUT2D eigenvalue weighted by atomic mass is 35.5. The van der Waals surface area contributed by atoms with E-state index in [2.05, 4.69) is 20.8 Å². The maximum absolute atomic E-state index is 11.8. The van der Waals surface area contributed by atoms with Gasteiger partial charge in [0, 0.05) is 5.92 Å². The van der Waals surface area contributed by atoms with Crippen LogP contribution in [0.2, 0.25) is 0 Å². The number of ether oxygens (including phenoxy) is 1. The van der Waals surface area contributed by atoms with Gasteiger partial charge in [0.2, 0.25) is 4.93 Å². The summed E-state index contributed by atoms with van der Waals surface area (Å²) in [7, 11) is 0. The molecule has 1 saturated carbocycles. The highest BCUT2D eigenvalue weighted by Gasteiger charge is 2.57. The van der Waals surface area contributed by atoms with E-state index in [1.54, 1.807) is 0 Å². The van der Waals surface area contributed by atoms with Crippen molar-refractivity contribution in [2.45, 2.75) is 49.7 Å². The molecule has 0 bridgehead atoms. The Morgan fingerprint density at radius 3 is 2.63 bits per heavy atom. The van der Waals surface area contributed by atoms with Gasteiger partial charge >= 0.3 is 5.97 Å². The van der Waals surface area contributed by atoms with Gasteiger partial charge in [0.1, 0.15) is 4.71 Å². The highest BCUT2D eigenvalue weighted by molar-refractivity contribution is 8.03. The fourth-order valence-corrected chi connectivity index (χ4v) is 5.21. The van der Waals surface area contributed by atoms with Gasteiger partial charge in [-0.3, -0.25) is 0 Å². The van der Waals surface area contributed by atoms with Gasteiger partial charge in [-0.1, -0.05) is 39.0 Å². The number of halogens is 1. The Labute approximate surface area is 124 Å². The van der Waals surface area contributed by atoms with Crippen LogP contribution in [0.25, 0.3) is 0 Å². The number of thioether (sulfide) groups is 1. The maximum Gasteiger partial charge on any atom is 0.347 e. The molecule has 1 N–H and O–H groups in total. The minimum atomic E-state index is -1.13. The molecule has 0 aromatic carbocycles. The van der Waals surface area contributed by atoms with Gasteiger partial charge in [0.25, 0.3) is 0 Å². The van der Waals surface area contributed by atoms with Gasteiger partial charge in [0.15, 0.2) is 0 Å². The molecule has 0 aromatic rings. The van der Waals surface area contributed by atoms with Crippen LogP contribution in [0.3, 0.4) is 0 Å². The molecule has 110 valence electrons. The second-order valence-electron chi connectivity index (χ2n) is 6.24. The molecule has 0 radical (unpaired) electrons. The van der Waals surface area contributed by atoms with Crippen molar-refractivity contribution in [3.8, 4) is 0 Å². The summed E-state index contributed by atoms with van der Waals surface area (Å²) in [6.07, 6.45) is 3.20. The van der Waals surface area contributed by atoms with Crippen molar-refractivity contribution < 1.29 is 14.6 Å². The van der Waals surface area contributed by atoms with E-state index >= 15 is 0 Å². The van der Waals surface area contributed by atoms with Crippen molar-refractivity contribution in [3.05, 3.63) is 0 Å². The largest absolute Gasteiger partial charge is 0.478 e. The lowest BCUT2D eigenvalue weighted by molar-refractivity contribution is -0.162. The average Bonchev–Trinajstić information content (AvgIpc) is 2.72. The predicted molar refractivity (Wildman–Crippen MR) is 78.4 cm³/mol. The molecule has 2 aliphatic rings. The molecule has 3 nitrogen and oxygen atoms in total. The molecule has 1 aliphatic carbocycles. The zero-order chi connectivity index (χ0) is 14.2. The van der Waals surface area contributed by atoms with Crippen LogP contribution in [0.1, 0.15) is 40.0 Å². The second kappa shape index (κ2) is 5.82. The number of rotatable bonds is 3. The molecular weight excluding hydrogens is 284 g/mol. The molecule has 5 atom stereocenters. The van der Waals surface area contributed by atoms with E-state index in [4.69, 9.17) is 16.3 Å². The van der Waals surface area contributed by atoms with Crippen molar-refractivity contribution in [1.82, 2.24) is 0 Å². The molecule has 19 heavy (non-hydrogen) atoms. The number of carboxylic acid groups (broad SMARTS) is 1. The molecule has 1 heterocycles. The van der Waals surface area contributed by atoms with Crippen LogP contribution >= 0.6 is 23.4 Å². The van der Waals surface area contributed by atoms with Gasteiger partial charge in [-0.15, -0.1) is 11.6 Å². The zero-order valence-electron chi connectivity index (χ0n) is 11.8. The first-order valence-electron chi connectivity index (χ1n) is 7.06. The summed E-state index contributed by atoms with van der Waals surface area (Å²) >= 11 is 7.39. The normalized spacial score (nSPS) is 43.6. The molecule has 5 unspecified atom stereocenters. The topological polar surface area (TPSA) is 46.5 Å². The fourth-order valence-electron chi connectivity index (χ4n) is 3.55. The minimum absolute atomic E-state index is 0.0579. The molecule has 5 heteroatoms. The number of hydrogen-bond acceptors (Lipinski definition) is 3. The van der Waals surface area contributed by atoms with E-state index in [1.807, 2.05) is 0 Å². The molecule has 1 aliphatic heterocycles. The zero-order valence-corrected chi connectivity index (χ0v) is 13.3. The number of carboxylic acids is 1. The Hall–Kier alpha value is 0.0700. The van der Waals surface area contributed by atoms with Gasteiger partial charge in [-0.2, -0.15) is 0 Å². The van der Waals surface area contributed by atoms with Crippen molar-refractivity contribution in [2.24, 2.45) is 23.7 Å². The summed E-state index contributed by atoms with van der Waals surface area (Å²) < 4.78 is 5.47. The summed E-state index contributed by atoms with van der Waals surface area (Å²) in [6.45, 7) is 6.90. The molecule has 2 rings (SSSR count). The summed E-state index contributed by atoms with van der Waals surface area (Å²) in [5.41, 5.74) is 0. The van der Waals surface area contributed by atoms with E-state index in [0.717, 1.165) is 12.8 Å². The lowest BCUT2D eigenvalue weighted by Gasteiger charge is -2.44. The smallest absolute Gasteiger partial charge is 0.347 e. The molecule has 0 spiro atoms. The second-order valence-corrected chi connectivity index (χ2v) is 8.44. The van der Waals surface area contributed by atoms with Gasteiger partial charge < -0.3 is 9.84 Å². The van der Waals surface area contributed by atoms with Gasteiger partial charge in [-0.05, 0) is 30.6 Å². The summed E-state index contributed by atoms with van der Waals surface area (Å²) in [5, 5.41) is 9.72. The Balaban J connectivity index is 2.30. The van der Waals surface area contributed by atoms with E-state index in [0.29, 0.717) is 24.4 Å². The van der Waals surface area contributed by atoms with E-state index < -0.39 is 10.9 Å². The third kappa shape index (κ3) is 2.91. The third-order valence-corrected chi connectivity index (χ3v) is 6.27. The molecule has 2 fully saturated rings. The van der Waals surface area contributed by atoms with Crippen LogP contribution in [0.15, 0.2) is 0 Å². The standard InChI is InChI=1S/C14H23ClO3S/c1-8(2)10-5-4-9(3)6-11(10)14(13(16)17)18-7-12(15)19-14/h8-12H,4-7H2,1-3H3,(H,16,17). The minimum Gasteiger partial charge on any atom is -0.478 e. The Morgan fingerprint density at radius 2 is 2.16 bits per heavy atom. The summed E-state index contributed by atoms with van der Waals surface area (Å²) in [4.78, 5) is 10.7. The van der Waals surface area contributed by atoms with Crippen LogP contribution < -0.4 is 0 Å². The van der Waals surface area contributed by atoms with Crippen LogP contribution in [0.5, 0.6) is 0 Å². The lowest BCUT2D eigenvalue weighted by atomic mass is 9.67. The Kier molecular flexibility index (Phi) is 4.74. The van der Waals surface area contributed by atoms with Crippen LogP contribution in [0, 0.1) is 23.7 Å². The summed E-state index contributed by atoms with van der Waals surface area (Å²) in [6, 6.07) is 0. The molecule has 0 amide bonds. The van der Waals surface area contributed by atoms with Gasteiger partial charge in [0.05, 0.1) is 6.61 Å². The van der Waals surface area contributed by atoms with Crippen molar-refractivity contribution in [2.75, 3.05) is 6.61 Å². The fraction of sp³-hybridized carbons (Fsp3) is 0.929. The van der Waals surface area contributed by atoms with E-state index in [1.165, 1.54) is 18.2 Å². The first kappa shape index (κ1) is 15.5. The lowest BCUT2D eigenvalue weighted by Crippen LogP contribution is -2.49. The molecular formula is C14H23ClO3S. The maximum atomic E-state index is 11.8. The first-order chi connectivity index (χ1) is 8.86. The van der Waals surface area contributed by atoms with Crippen LogP contribution in [-0.4, -0.2) is 27.3 Å². The van der Waals surface area contributed by atoms with Crippen LogP contribution in [0.4, 0.5) is 0 Å². The summed E-state index contributed by atoms with van der Waals surface area (Å²) in [5.74, 6) is 0.650. The number of carbonyl (C=O) groups is 1. The third-order valence-electron chi connectivity index (χ3n) is 4.54. The quantitative estimate of drug-likeness (QED) is 0.806. The van der Waals surface area contributed by atoms with E-state index in [-0.39, 0.29) is 10.6 Å². The van der Waals surface area contributed by atoms with Crippen molar-refractivity contribution in [3.63, 3.8) is 0 Å². The predicted octanol–water partition coefficient (Wildman–Crippen LogP) is 3.80. The van der Waals surface area contributed by atoms with Crippen molar-refractivity contribution >= 4 is 29.3 Å². The number of aliphatic carboxylic acids is 1. The van der Waals surface area contributed by atoms with Crippen molar-refractivity contribution in [1.29, 1.82) is 0 Å². The SMILES string of the molecule is CC1CCC(C(C)C)C(C2(C(=O)O)OCC(Cl)S2)C1. The first-order valence-corrected chi connectivity index (χ1v) is 8.37. The van der Waals surface area contributed by atoms with Crippen LogP contribution in [-0.2, 0) is 9.53 Å².